The van der Waals surface area contributed by atoms with Crippen molar-refractivity contribution < 1.29 is 9.90 Å². The van der Waals surface area contributed by atoms with E-state index in [1.54, 1.807) is 9.25 Å². The van der Waals surface area contributed by atoms with Crippen molar-refractivity contribution in [1.29, 1.82) is 0 Å². The summed E-state index contributed by atoms with van der Waals surface area (Å²) in [5.41, 5.74) is 5.03. The van der Waals surface area contributed by atoms with E-state index >= 15 is 0 Å². The third-order valence-electron chi connectivity index (χ3n) is 6.44. The number of nitrogens with zero attached hydrogens (tertiary/aromatic N) is 6. The van der Waals surface area contributed by atoms with Gasteiger partial charge >= 0.3 is 5.97 Å². The van der Waals surface area contributed by atoms with Crippen molar-refractivity contribution in [2.75, 3.05) is 0 Å². The highest BCUT2D eigenvalue weighted by Crippen LogP contribution is 2.31. The predicted molar refractivity (Wildman–Crippen MR) is 146 cm³/mol. The zero-order valence-electron chi connectivity index (χ0n) is 21.0. The summed E-state index contributed by atoms with van der Waals surface area (Å²) in [4.78, 5) is 16.2. The second-order valence-corrected chi connectivity index (χ2v) is 9.41. The highest BCUT2D eigenvalue weighted by atomic mass is 35.5. The van der Waals surface area contributed by atoms with Crippen molar-refractivity contribution >= 4 is 17.6 Å². The van der Waals surface area contributed by atoms with Crippen LogP contribution in [0.2, 0.25) is 5.15 Å². The van der Waals surface area contributed by atoms with Crippen LogP contribution in [0.4, 0.5) is 0 Å². The number of rotatable bonds is 10. The molecule has 8 nitrogen and oxygen atoms in total. The molecule has 0 saturated heterocycles. The van der Waals surface area contributed by atoms with Crippen molar-refractivity contribution in [2.45, 2.75) is 39.3 Å². The highest BCUT2D eigenvalue weighted by molar-refractivity contribution is 6.32. The van der Waals surface area contributed by atoms with Crippen LogP contribution in [0.3, 0.4) is 0 Å². The van der Waals surface area contributed by atoms with E-state index < -0.39 is 5.97 Å². The minimum Gasteiger partial charge on any atom is -0.476 e. The Balaban J connectivity index is 1.44. The second kappa shape index (κ2) is 11.4. The molecular formula is C29H27ClN6O2. The Morgan fingerprint density at radius 2 is 1.58 bits per heavy atom. The van der Waals surface area contributed by atoms with E-state index in [0.717, 1.165) is 40.7 Å². The summed E-state index contributed by atoms with van der Waals surface area (Å²) in [5, 5.41) is 22.3. The molecule has 3 aromatic carbocycles. The monoisotopic (exact) mass is 526 g/mol. The van der Waals surface area contributed by atoms with Gasteiger partial charge in [0.1, 0.15) is 5.82 Å². The molecule has 0 saturated carbocycles. The number of aromatic carboxylic acids is 1. The van der Waals surface area contributed by atoms with Gasteiger partial charge in [-0.05, 0) is 39.1 Å². The largest absolute Gasteiger partial charge is 0.476 e. The lowest BCUT2D eigenvalue weighted by Gasteiger charge is -2.13. The smallest absolute Gasteiger partial charge is 0.355 e. The SMILES string of the molecule is CCCCc1nc(Cl)c(C(=O)O)n1Cc1ccc(-c2ccccc2-c2nnnn2Cc2ccccc2)cc1. The number of hydrogen-bond donors (Lipinski definition) is 1. The van der Waals surface area contributed by atoms with Crippen molar-refractivity contribution in [3.05, 3.63) is 107 Å². The predicted octanol–water partition coefficient (Wildman–Crippen LogP) is 5.99. The summed E-state index contributed by atoms with van der Waals surface area (Å²) in [6.45, 7) is 3.03. The van der Waals surface area contributed by atoms with Gasteiger partial charge in [-0.15, -0.1) is 5.10 Å². The molecular weight excluding hydrogens is 500 g/mol. The number of benzene rings is 3. The Morgan fingerprint density at radius 1 is 0.895 bits per heavy atom. The standard InChI is InChI=1S/C29H27ClN6O2/c1-2-3-13-25-31-27(30)26(29(37)38)35(25)18-21-14-16-22(17-15-21)23-11-7-8-12-24(23)28-32-33-34-36(28)19-20-9-5-4-6-10-20/h4-12,14-17H,2-3,13,18-19H2,1H3,(H,37,38). The Labute approximate surface area is 225 Å². The first-order chi connectivity index (χ1) is 18.5. The van der Waals surface area contributed by atoms with E-state index in [2.05, 4.69) is 27.4 Å². The average molecular weight is 527 g/mol. The van der Waals surface area contributed by atoms with E-state index in [4.69, 9.17) is 11.6 Å². The Morgan fingerprint density at radius 3 is 2.29 bits per heavy atom. The maximum absolute atomic E-state index is 11.9. The quantitative estimate of drug-likeness (QED) is 0.240. The van der Waals surface area contributed by atoms with Gasteiger partial charge in [0.15, 0.2) is 16.7 Å². The van der Waals surface area contributed by atoms with Crippen LogP contribution in [0, 0.1) is 0 Å². The lowest BCUT2D eigenvalue weighted by Crippen LogP contribution is -2.13. The molecule has 192 valence electrons. The molecule has 0 fully saturated rings. The van der Waals surface area contributed by atoms with Gasteiger partial charge in [-0.3, -0.25) is 0 Å². The number of aromatic nitrogens is 6. The van der Waals surface area contributed by atoms with Crippen LogP contribution >= 0.6 is 11.6 Å². The van der Waals surface area contributed by atoms with Crippen LogP contribution in [0.25, 0.3) is 22.5 Å². The summed E-state index contributed by atoms with van der Waals surface area (Å²) >= 11 is 6.19. The number of tetrazole rings is 1. The average Bonchev–Trinajstić information content (AvgIpc) is 3.52. The summed E-state index contributed by atoms with van der Waals surface area (Å²) in [5.74, 6) is 0.297. The lowest BCUT2D eigenvalue weighted by molar-refractivity contribution is 0.0685. The minimum absolute atomic E-state index is 0.0254. The van der Waals surface area contributed by atoms with Gasteiger partial charge in [0, 0.05) is 18.5 Å². The molecule has 0 aliphatic rings. The zero-order valence-corrected chi connectivity index (χ0v) is 21.7. The number of carboxylic acid groups (broad SMARTS) is 1. The first-order valence-corrected chi connectivity index (χ1v) is 12.9. The fourth-order valence-electron chi connectivity index (χ4n) is 4.53. The lowest BCUT2D eigenvalue weighted by atomic mass is 9.98. The summed E-state index contributed by atoms with van der Waals surface area (Å²) in [6, 6.07) is 26.2. The molecule has 9 heteroatoms. The summed E-state index contributed by atoms with van der Waals surface area (Å²) in [6.07, 6.45) is 2.56. The van der Waals surface area contributed by atoms with Gasteiger partial charge in [0.2, 0.25) is 0 Å². The fraction of sp³-hybridized carbons (Fsp3) is 0.207. The van der Waals surface area contributed by atoms with E-state index in [-0.39, 0.29) is 10.8 Å². The van der Waals surface area contributed by atoms with Gasteiger partial charge in [-0.2, -0.15) is 0 Å². The minimum atomic E-state index is -1.08. The van der Waals surface area contributed by atoms with Crippen LogP contribution in [0.15, 0.2) is 78.9 Å². The van der Waals surface area contributed by atoms with Gasteiger partial charge in [-0.1, -0.05) is 104 Å². The van der Waals surface area contributed by atoms with Crippen LogP contribution in [-0.2, 0) is 19.5 Å². The van der Waals surface area contributed by atoms with Gasteiger partial charge in [0.05, 0.1) is 6.54 Å². The second-order valence-electron chi connectivity index (χ2n) is 9.05. The van der Waals surface area contributed by atoms with Gasteiger partial charge in [-0.25, -0.2) is 14.5 Å². The molecule has 0 bridgehead atoms. The fourth-order valence-corrected chi connectivity index (χ4v) is 4.81. The number of halogens is 1. The Bertz CT molecular complexity index is 1540. The highest BCUT2D eigenvalue weighted by Gasteiger charge is 2.21. The first-order valence-electron chi connectivity index (χ1n) is 12.5. The zero-order chi connectivity index (χ0) is 26.5. The maximum atomic E-state index is 11.9. The third-order valence-corrected chi connectivity index (χ3v) is 6.70. The molecule has 0 aliphatic carbocycles. The molecule has 5 aromatic rings. The van der Waals surface area contributed by atoms with E-state index in [1.165, 1.54) is 0 Å². The number of imidazole rings is 1. The topological polar surface area (TPSA) is 98.7 Å². The molecule has 5 rings (SSSR count). The first kappa shape index (κ1) is 25.4. The maximum Gasteiger partial charge on any atom is 0.355 e. The molecule has 0 unspecified atom stereocenters. The number of carboxylic acids is 1. The van der Waals surface area contributed by atoms with Crippen LogP contribution < -0.4 is 0 Å². The number of aryl methyl sites for hydroxylation is 1. The molecule has 2 aromatic heterocycles. The number of unbranched alkanes of at least 4 members (excludes halogenated alkanes) is 1. The molecule has 0 amide bonds. The van der Waals surface area contributed by atoms with Crippen LogP contribution in [-0.4, -0.2) is 40.8 Å². The Hall–Kier alpha value is -4.30. The number of carbonyl (C=O) groups is 1. The molecule has 1 N–H and O–H groups in total. The molecule has 0 atom stereocenters. The molecule has 0 radical (unpaired) electrons. The van der Waals surface area contributed by atoms with E-state index in [1.807, 2.05) is 78.9 Å². The third kappa shape index (κ3) is 5.35. The number of hydrogen-bond acceptors (Lipinski definition) is 5. The van der Waals surface area contributed by atoms with Crippen molar-refractivity contribution in [3.8, 4) is 22.5 Å². The molecule has 38 heavy (non-hydrogen) atoms. The van der Waals surface area contributed by atoms with Gasteiger partial charge < -0.3 is 9.67 Å². The van der Waals surface area contributed by atoms with E-state index in [9.17, 15) is 9.90 Å². The molecule has 2 heterocycles. The summed E-state index contributed by atoms with van der Waals surface area (Å²) < 4.78 is 3.51. The van der Waals surface area contributed by atoms with Crippen molar-refractivity contribution in [1.82, 2.24) is 29.8 Å². The van der Waals surface area contributed by atoms with Gasteiger partial charge in [0.25, 0.3) is 0 Å². The molecule has 0 aliphatic heterocycles. The van der Waals surface area contributed by atoms with Crippen LogP contribution in [0.1, 0.15) is 47.2 Å². The van der Waals surface area contributed by atoms with Crippen LogP contribution in [0.5, 0.6) is 0 Å². The van der Waals surface area contributed by atoms with Crippen molar-refractivity contribution in [3.63, 3.8) is 0 Å². The normalized spacial score (nSPS) is 11.1. The van der Waals surface area contributed by atoms with E-state index in [0.29, 0.717) is 31.2 Å². The molecule has 0 spiro atoms. The Kier molecular flexibility index (Phi) is 7.60. The van der Waals surface area contributed by atoms with Crippen molar-refractivity contribution in [2.24, 2.45) is 0 Å². The summed E-state index contributed by atoms with van der Waals surface area (Å²) in [7, 11) is 0.